The minimum atomic E-state index is 0.185. The van der Waals surface area contributed by atoms with Crippen LogP contribution in [0.4, 0.5) is 0 Å². The summed E-state index contributed by atoms with van der Waals surface area (Å²) in [6.07, 6.45) is 6.22. The van der Waals surface area contributed by atoms with E-state index >= 15 is 0 Å². The SMILES string of the molecule is CCNC(=NCCCC(=O)NC1CC1)N1CCC(C)CC1. The van der Waals surface area contributed by atoms with Gasteiger partial charge in [0, 0.05) is 38.6 Å². The summed E-state index contributed by atoms with van der Waals surface area (Å²) < 4.78 is 0. The molecule has 0 bridgehead atoms. The number of likely N-dealkylation sites (tertiary alicyclic amines) is 1. The second-order valence-electron chi connectivity index (χ2n) is 6.35. The number of hydrogen-bond donors (Lipinski definition) is 2. The summed E-state index contributed by atoms with van der Waals surface area (Å²) in [6.45, 7) is 8.23. The standard InChI is InChI=1S/C16H30N4O/c1-3-17-16(20-11-8-13(2)9-12-20)18-10-4-5-15(21)19-14-6-7-14/h13-14H,3-12H2,1-2H3,(H,17,18)(H,19,21). The maximum atomic E-state index is 11.6. The van der Waals surface area contributed by atoms with Crippen LogP contribution in [0.25, 0.3) is 0 Å². The fourth-order valence-corrected chi connectivity index (χ4v) is 2.60. The van der Waals surface area contributed by atoms with Crippen LogP contribution in [-0.2, 0) is 4.79 Å². The third-order valence-corrected chi connectivity index (χ3v) is 4.18. The minimum absolute atomic E-state index is 0.185. The Morgan fingerprint density at radius 3 is 2.57 bits per heavy atom. The van der Waals surface area contributed by atoms with Gasteiger partial charge in [0.1, 0.15) is 0 Å². The van der Waals surface area contributed by atoms with Crippen LogP contribution in [0.3, 0.4) is 0 Å². The van der Waals surface area contributed by atoms with Crippen LogP contribution < -0.4 is 10.6 Å². The molecule has 2 aliphatic rings. The number of nitrogens with zero attached hydrogens (tertiary/aromatic N) is 2. The van der Waals surface area contributed by atoms with Gasteiger partial charge in [0.25, 0.3) is 0 Å². The molecule has 0 radical (unpaired) electrons. The molecule has 0 aromatic heterocycles. The smallest absolute Gasteiger partial charge is 0.220 e. The maximum absolute atomic E-state index is 11.6. The van der Waals surface area contributed by atoms with E-state index in [4.69, 9.17) is 0 Å². The fraction of sp³-hybridized carbons (Fsp3) is 0.875. The number of guanidine groups is 1. The summed E-state index contributed by atoms with van der Waals surface area (Å²) in [6, 6.07) is 0.466. The highest BCUT2D eigenvalue weighted by Gasteiger charge is 2.22. The van der Waals surface area contributed by atoms with Crippen LogP contribution in [0.5, 0.6) is 0 Å². The predicted molar refractivity (Wildman–Crippen MR) is 86.3 cm³/mol. The second-order valence-corrected chi connectivity index (χ2v) is 6.35. The molecule has 0 aromatic rings. The molecular weight excluding hydrogens is 264 g/mol. The van der Waals surface area contributed by atoms with Crippen molar-refractivity contribution in [3.05, 3.63) is 0 Å². The van der Waals surface area contributed by atoms with Crippen molar-refractivity contribution >= 4 is 11.9 Å². The van der Waals surface area contributed by atoms with Crippen molar-refractivity contribution in [2.24, 2.45) is 10.9 Å². The molecule has 2 N–H and O–H groups in total. The highest BCUT2D eigenvalue weighted by molar-refractivity contribution is 5.80. The van der Waals surface area contributed by atoms with Crippen molar-refractivity contribution < 1.29 is 4.79 Å². The molecule has 5 heteroatoms. The minimum Gasteiger partial charge on any atom is -0.357 e. The zero-order chi connectivity index (χ0) is 15.1. The molecule has 0 aromatic carbocycles. The van der Waals surface area contributed by atoms with Crippen LogP contribution in [0.15, 0.2) is 4.99 Å². The molecule has 0 unspecified atom stereocenters. The van der Waals surface area contributed by atoms with Gasteiger partial charge in [0.05, 0.1) is 0 Å². The van der Waals surface area contributed by atoms with Crippen molar-refractivity contribution in [3.63, 3.8) is 0 Å². The number of carbonyl (C=O) groups excluding carboxylic acids is 1. The first-order valence-electron chi connectivity index (χ1n) is 8.51. The summed E-state index contributed by atoms with van der Waals surface area (Å²) >= 11 is 0. The monoisotopic (exact) mass is 294 g/mol. The number of carbonyl (C=O) groups is 1. The number of hydrogen-bond acceptors (Lipinski definition) is 2. The van der Waals surface area contributed by atoms with Gasteiger partial charge in [-0.1, -0.05) is 6.92 Å². The Bertz CT molecular complexity index is 357. The van der Waals surface area contributed by atoms with Gasteiger partial charge in [-0.25, -0.2) is 0 Å². The molecule has 1 saturated heterocycles. The van der Waals surface area contributed by atoms with Gasteiger partial charge in [-0.3, -0.25) is 9.79 Å². The quantitative estimate of drug-likeness (QED) is 0.446. The van der Waals surface area contributed by atoms with Crippen molar-refractivity contribution in [2.75, 3.05) is 26.2 Å². The first-order chi connectivity index (χ1) is 10.2. The Balaban J connectivity index is 1.70. The van der Waals surface area contributed by atoms with Gasteiger partial charge in [-0.15, -0.1) is 0 Å². The van der Waals surface area contributed by atoms with E-state index in [2.05, 4.69) is 34.4 Å². The Morgan fingerprint density at radius 1 is 1.24 bits per heavy atom. The van der Waals surface area contributed by atoms with Gasteiger partial charge < -0.3 is 15.5 Å². The van der Waals surface area contributed by atoms with Crippen LogP contribution in [0, 0.1) is 5.92 Å². The zero-order valence-corrected chi connectivity index (χ0v) is 13.5. The van der Waals surface area contributed by atoms with Crippen molar-refractivity contribution in [1.29, 1.82) is 0 Å². The number of amides is 1. The van der Waals surface area contributed by atoms with Crippen LogP contribution in [0.2, 0.25) is 0 Å². The fourth-order valence-electron chi connectivity index (χ4n) is 2.60. The lowest BCUT2D eigenvalue weighted by Crippen LogP contribution is -2.45. The van der Waals surface area contributed by atoms with Crippen molar-refractivity contribution in [3.8, 4) is 0 Å². The molecule has 1 saturated carbocycles. The lowest BCUT2D eigenvalue weighted by Gasteiger charge is -2.33. The van der Waals surface area contributed by atoms with E-state index in [1.165, 1.54) is 12.8 Å². The molecule has 1 aliphatic carbocycles. The molecule has 1 amide bonds. The topological polar surface area (TPSA) is 56.7 Å². The molecule has 0 atom stereocenters. The lowest BCUT2D eigenvalue weighted by molar-refractivity contribution is -0.121. The largest absolute Gasteiger partial charge is 0.357 e. The number of aliphatic imine (C=N–C) groups is 1. The van der Waals surface area contributed by atoms with E-state index < -0.39 is 0 Å². The van der Waals surface area contributed by atoms with E-state index in [1.807, 2.05) is 0 Å². The highest BCUT2D eigenvalue weighted by Crippen LogP contribution is 2.18. The van der Waals surface area contributed by atoms with E-state index in [-0.39, 0.29) is 5.91 Å². The van der Waals surface area contributed by atoms with Crippen LogP contribution >= 0.6 is 0 Å². The molecule has 21 heavy (non-hydrogen) atoms. The van der Waals surface area contributed by atoms with Gasteiger partial charge >= 0.3 is 0 Å². The molecule has 5 nitrogen and oxygen atoms in total. The van der Waals surface area contributed by atoms with Gasteiger partial charge in [0.2, 0.25) is 5.91 Å². The first kappa shape index (κ1) is 16.1. The van der Waals surface area contributed by atoms with Crippen LogP contribution in [0.1, 0.15) is 52.4 Å². The maximum Gasteiger partial charge on any atom is 0.220 e. The van der Waals surface area contributed by atoms with Gasteiger partial charge in [-0.05, 0) is 44.9 Å². The van der Waals surface area contributed by atoms with E-state index in [0.29, 0.717) is 12.5 Å². The van der Waals surface area contributed by atoms with E-state index in [1.54, 1.807) is 0 Å². The average molecular weight is 294 g/mol. The summed E-state index contributed by atoms with van der Waals surface area (Å²) in [5.74, 6) is 2.03. The summed E-state index contributed by atoms with van der Waals surface area (Å²) in [5, 5.41) is 6.39. The number of nitrogens with one attached hydrogen (secondary N) is 2. The van der Waals surface area contributed by atoms with Gasteiger partial charge in [-0.2, -0.15) is 0 Å². The Kier molecular flexibility index (Phi) is 6.33. The predicted octanol–water partition coefficient (Wildman–Crippen LogP) is 1.74. The van der Waals surface area contributed by atoms with E-state index in [9.17, 15) is 4.79 Å². The number of rotatable bonds is 6. The molecule has 1 aliphatic heterocycles. The summed E-state index contributed by atoms with van der Waals surface area (Å²) in [4.78, 5) is 18.7. The normalized spacial score (nSPS) is 20.5. The molecule has 120 valence electrons. The summed E-state index contributed by atoms with van der Waals surface area (Å²) in [5.41, 5.74) is 0. The Labute approximate surface area is 128 Å². The highest BCUT2D eigenvalue weighted by atomic mass is 16.1. The molecule has 2 rings (SSSR count). The van der Waals surface area contributed by atoms with Crippen LogP contribution in [-0.4, -0.2) is 49.0 Å². The Hall–Kier alpha value is -1.26. The van der Waals surface area contributed by atoms with Gasteiger partial charge in [0.15, 0.2) is 5.96 Å². The van der Waals surface area contributed by atoms with E-state index in [0.717, 1.165) is 57.3 Å². The summed E-state index contributed by atoms with van der Waals surface area (Å²) in [7, 11) is 0. The third-order valence-electron chi connectivity index (χ3n) is 4.18. The third kappa shape index (κ3) is 5.94. The number of piperidine rings is 1. The second kappa shape index (κ2) is 8.25. The molecule has 2 fully saturated rings. The average Bonchev–Trinajstić information content (AvgIpc) is 3.27. The van der Waals surface area contributed by atoms with Crippen molar-refractivity contribution in [1.82, 2.24) is 15.5 Å². The Morgan fingerprint density at radius 2 is 1.95 bits per heavy atom. The lowest BCUT2D eigenvalue weighted by atomic mass is 10.00. The van der Waals surface area contributed by atoms with Crippen molar-refractivity contribution in [2.45, 2.75) is 58.4 Å². The molecule has 1 heterocycles. The zero-order valence-electron chi connectivity index (χ0n) is 13.5. The molecular formula is C16H30N4O. The molecule has 0 spiro atoms. The first-order valence-corrected chi connectivity index (χ1v) is 8.51.